The molecular weight excluding hydrogens is 468 g/mol. The number of aliphatic hydroxyl groups is 1. The van der Waals surface area contributed by atoms with Crippen molar-refractivity contribution >= 4 is 17.7 Å². The molecule has 210 valence electrons. The molecule has 6 heteroatoms. The summed E-state index contributed by atoms with van der Waals surface area (Å²) in [6.07, 6.45) is 27.4. The van der Waals surface area contributed by atoms with Gasteiger partial charge in [-0.15, -0.1) is 0 Å². The predicted octanol–water partition coefficient (Wildman–Crippen LogP) is 7.12. The summed E-state index contributed by atoms with van der Waals surface area (Å²) in [5, 5.41) is 9.83. The third kappa shape index (κ3) is 26.4. The van der Waals surface area contributed by atoms with E-state index < -0.39 is 6.10 Å². The average Bonchev–Trinajstić information content (AvgIpc) is 2.88. The van der Waals surface area contributed by atoms with Gasteiger partial charge in [0.25, 0.3) is 0 Å². The van der Waals surface area contributed by atoms with Crippen LogP contribution in [0.4, 0.5) is 0 Å². The first-order valence-electron chi connectivity index (χ1n) is 14.1. The van der Waals surface area contributed by atoms with Crippen LogP contribution in [-0.4, -0.2) is 42.1 Å². The van der Waals surface area contributed by atoms with Crippen LogP contribution in [0, 0.1) is 0 Å². The molecule has 6 nitrogen and oxygen atoms in total. The molecule has 0 rings (SSSR count). The van der Waals surface area contributed by atoms with Gasteiger partial charge in [0, 0.05) is 19.3 Å². The van der Waals surface area contributed by atoms with Crippen LogP contribution in [0.2, 0.25) is 0 Å². The second kappa shape index (κ2) is 26.6. The predicted molar refractivity (Wildman–Crippen MR) is 150 cm³/mol. The summed E-state index contributed by atoms with van der Waals surface area (Å²) in [4.78, 5) is 35.0. The second-order valence-corrected chi connectivity index (χ2v) is 9.20. The summed E-state index contributed by atoms with van der Waals surface area (Å²) in [7, 11) is 0. The van der Waals surface area contributed by atoms with Crippen molar-refractivity contribution in [1.29, 1.82) is 0 Å². The molecule has 0 saturated carbocycles. The third-order valence-electron chi connectivity index (χ3n) is 5.54. The highest BCUT2D eigenvalue weighted by Gasteiger charge is 2.11. The average molecular weight is 519 g/mol. The highest BCUT2D eigenvalue weighted by molar-refractivity contribution is 5.89. The minimum absolute atomic E-state index is 0.150. The van der Waals surface area contributed by atoms with E-state index in [-0.39, 0.29) is 37.4 Å². The number of ether oxygens (including phenoxy) is 2. The highest BCUT2D eigenvalue weighted by atomic mass is 16.6. The largest absolute Gasteiger partial charge is 0.463 e. The fourth-order valence-electron chi connectivity index (χ4n) is 3.32. The zero-order valence-electron chi connectivity index (χ0n) is 23.2. The summed E-state index contributed by atoms with van der Waals surface area (Å²) in [6, 6.07) is 0. The molecule has 0 amide bonds. The van der Waals surface area contributed by atoms with Crippen LogP contribution in [-0.2, 0) is 23.9 Å². The molecule has 0 bridgehead atoms. The lowest BCUT2D eigenvalue weighted by Crippen LogP contribution is -2.25. The van der Waals surface area contributed by atoms with Crippen molar-refractivity contribution < 1.29 is 29.0 Å². The van der Waals surface area contributed by atoms with Gasteiger partial charge in [0.05, 0.1) is 0 Å². The van der Waals surface area contributed by atoms with Crippen molar-refractivity contribution in [1.82, 2.24) is 0 Å². The molecular formula is C31H50O6. The first-order valence-corrected chi connectivity index (χ1v) is 14.1. The third-order valence-corrected chi connectivity index (χ3v) is 5.54. The zero-order valence-corrected chi connectivity index (χ0v) is 23.2. The normalized spacial score (nSPS) is 12.7. The number of hydrogen-bond acceptors (Lipinski definition) is 6. The maximum absolute atomic E-state index is 11.8. The Hall–Kier alpha value is -2.47. The smallest absolute Gasteiger partial charge is 0.305 e. The van der Waals surface area contributed by atoms with Crippen molar-refractivity contribution in [3.05, 3.63) is 48.6 Å². The Bertz CT molecular complexity index is 704. The van der Waals surface area contributed by atoms with Crippen LogP contribution in [0.25, 0.3) is 0 Å². The SMILES string of the molecule is CCCCCCCC(=O)OC[C@H](O)COC(=O)CCC/C=C\C/C=C\C/C=C\C=C\C(=O)CCCCC. The molecule has 0 aromatic heterocycles. The summed E-state index contributed by atoms with van der Waals surface area (Å²) in [5.41, 5.74) is 0. The molecule has 1 atom stereocenters. The van der Waals surface area contributed by atoms with Crippen molar-refractivity contribution in [3.8, 4) is 0 Å². The number of esters is 2. The van der Waals surface area contributed by atoms with Gasteiger partial charge in [-0.3, -0.25) is 14.4 Å². The summed E-state index contributed by atoms with van der Waals surface area (Å²) in [5.74, 6) is -0.498. The molecule has 0 aliphatic rings. The van der Waals surface area contributed by atoms with Crippen LogP contribution in [0.15, 0.2) is 48.6 Å². The molecule has 0 aromatic rings. The molecule has 0 aromatic carbocycles. The van der Waals surface area contributed by atoms with Gasteiger partial charge in [-0.2, -0.15) is 0 Å². The standard InChI is InChI=1S/C31H50O6/c1-3-5-7-15-20-24-30(34)36-26-29(33)27-37-31(35)25-21-17-14-12-10-8-9-11-13-16-19-23-28(32)22-18-6-4-2/h8-9,12-14,16,19,23,29,33H,3-7,10-11,15,17-18,20-22,24-27H2,1-2H3/b9-8-,14-12-,16-13-,23-19+/t29-/m0/s1. The van der Waals surface area contributed by atoms with Gasteiger partial charge in [0.15, 0.2) is 5.78 Å². The second-order valence-electron chi connectivity index (χ2n) is 9.20. The van der Waals surface area contributed by atoms with Crippen LogP contribution in [0.1, 0.15) is 110 Å². The lowest BCUT2D eigenvalue weighted by molar-refractivity contribution is -0.152. The summed E-state index contributed by atoms with van der Waals surface area (Å²) >= 11 is 0. The van der Waals surface area contributed by atoms with Crippen LogP contribution >= 0.6 is 0 Å². The van der Waals surface area contributed by atoms with E-state index in [2.05, 4.69) is 32.1 Å². The van der Waals surface area contributed by atoms with Crippen LogP contribution < -0.4 is 0 Å². The van der Waals surface area contributed by atoms with Crippen LogP contribution in [0.3, 0.4) is 0 Å². The Kier molecular flexibility index (Phi) is 24.8. The summed E-state index contributed by atoms with van der Waals surface area (Å²) in [6.45, 7) is 3.96. The number of hydrogen-bond donors (Lipinski definition) is 1. The van der Waals surface area contributed by atoms with Crippen molar-refractivity contribution in [2.45, 2.75) is 116 Å². The molecule has 0 aliphatic carbocycles. The first-order chi connectivity index (χ1) is 18.0. The molecule has 0 spiro atoms. The molecule has 1 N–H and O–H groups in total. The monoisotopic (exact) mass is 518 g/mol. The lowest BCUT2D eigenvalue weighted by atomic mass is 10.1. The molecule has 0 heterocycles. The maximum Gasteiger partial charge on any atom is 0.305 e. The molecule has 37 heavy (non-hydrogen) atoms. The number of carbonyl (C=O) groups excluding carboxylic acids is 3. The zero-order chi connectivity index (χ0) is 27.4. The lowest BCUT2D eigenvalue weighted by Gasteiger charge is -2.12. The van der Waals surface area contributed by atoms with Gasteiger partial charge in [-0.05, 0) is 44.6 Å². The highest BCUT2D eigenvalue weighted by Crippen LogP contribution is 2.06. The number of allylic oxidation sites excluding steroid dienone is 8. The van der Waals surface area contributed by atoms with Gasteiger partial charge in [0.1, 0.15) is 19.3 Å². The van der Waals surface area contributed by atoms with E-state index in [9.17, 15) is 19.5 Å². The van der Waals surface area contributed by atoms with E-state index in [0.717, 1.165) is 64.2 Å². The van der Waals surface area contributed by atoms with Crippen molar-refractivity contribution in [2.24, 2.45) is 0 Å². The molecule has 0 saturated heterocycles. The van der Waals surface area contributed by atoms with E-state index in [1.165, 1.54) is 6.42 Å². The van der Waals surface area contributed by atoms with E-state index in [0.29, 0.717) is 19.3 Å². The van der Waals surface area contributed by atoms with Gasteiger partial charge >= 0.3 is 11.9 Å². The maximum atomic E-state index is 11.8. The quantitative estimate of drug-likeness (QED) is 0.0481. The fourth-order valence-corrected chi connectivity index (χ4v) is 3.32. The van der Waals surface area contributed by atoms with Crippen molar-refractivity contribution in [2.75, 3.05) is 13.2 Å². The Morgan fingerprint density at radius 3 is 1.86 bits per heavy atom. The Balaban J connectivity index is 3.69. The number of carbonyl (C=O) groups is 3. The fraction of sp³-hybridized carbons (Fsp3) is 0.645. The van der Waals surface area contributed by atoms with E-state index in [1.807, 2.05) is 18.2 Å². The first kappa shape index (κ1) is 34.5. The summed E-state index contributed by atoms with van der Waals surface area (Å²) < 4.78 is 10.1. The number of ketones is 1. The van der Waals surface area contributed by atoms with Crippen molar-refractivity contribution in [3.63, 3.8) is 0 Å². The molecule has 0 fully saturated rings. The van der Waals surface area contributed by atoms with Gasteiger partial charge in [0.2, 0.25) is 0 Å². The van der Waals surface area contributed by atoms with Gasteiger partial charge < -0.3 is 14.6 Å². The molecule has 0 aliphatic heterocycles. The number of aliphatic hydroxyl groups excluding tert-OH is 1. The van der Waals surface area contributed by atoms with Crippen LogP contribution in [0.5, 0.6) is 0 Å². The minimum atomic E-state index is -0.997. The van der Waals surface area contributed by atoms with Gasteiger partial charge in [-0.1, -0.05) is 94.9 Å². The topological polar surface area (TPSA) is 89.9 Å². The van der Waals surface area contributed by atoms with E-state index >= 15 is 0 Å². The molecule has 0 radical (unpaired) electrons. The number of rotatable bonds is 24. The van der Waals surface area contributed by atoms with E-state index in [4.69, 9.17) is 9.47 Å². The number of unbranched alkanes of at least 4 members (excludes halogenated alkanes) is 7. The van der Waals surface area contributed by atoms with Gasteiger partial charge in [-0.25, -0.2) is 0 Å². The minimum Gasteiger partial charge on any atom is -0.463 e. The van der Waals surface area contributed by atoms with E-state index in [1.54, 1.807) is 12.2 Å². The Morgan fingerprint density at radius 2 is 1.19 bits per heavy atom. The Morgan fingerprint density at radius 1 is 0.649 bits per heavy atom. The Labute approximate surface area is 224 Å². The molecule has 0 unspecified atom stereocenters.